The van der Waals surface area contributed by atoms with Crippen LogP contribution in [-0.4, -0.2) is 46.5 Å². The molecule has 0 saturated carbocycles. The zero-order valence-corrected chi connectivity index (χ0v) is 14.1. The Kier molecular flexibility index (Phi) is 4.50. The van der Waals surface area contributed by atoms with Gasteiger partial charge in [-0.1, -0.05) is 18.2 Å². The van der Waals surface area contributed by atoms with Crippen LogP contribution >= 0.6 is 0 Å². The summed E-state index contributed by atoms with van der Waals surface area (Å²) in [7, 11) is 0. The van der Waals surface area contributed by atoms with Gasteiger partial charge in [-0.2, -0.15) is 0 Å². The van der Waals surface area contributed by atoms with Gasteiger partial charge in [0.1, 0.15) is 17.9 Å². The molecule has 1 amide bonds. The molecule has 0 radical (unpaired) electrons. The number of benzene rings is 1. The SMILES string of the molecule is O=C(COc1ccccc1)N1CCC(Nc2ncnc3c2CCC3)C1. The molecule has 1 atom stereocenters. The van der Waals surface area contributed by atoms with Crippen molar-refractivity contribution in [1.82, 2.24) is 14.9 Å². The van der Waals surface area contributed by atoms with Crippen LogP contribution in [0.25, 0.3) is 0 Å². The molecule has 25 heavy (non-hydrogen) atoms. The number of hydrogen-bond donors (Lipinski definition) is 1. The lowest BCUT2D eigenvalue weighted by Gasteiger charge is -2.18. The van der Waals surface area contributed by atoms with Gasteiger partial charge in [-0.3, -0.25) is 4.79 Å². The molecule has 1 N–H and O–H groups in total. The van der Waals surface area contributed by atoms with Crippen LogP contribution in [0.2, 0.25) is 0 Å². The minimum absolute atomic E-state index is 0.0288. The molecule has 130 valence electrons. The predicted molar refractivity (Wildman–Crippen MR) is 94.6 cm³/mol. The molecule has 1 unspecified atom stereocenters. The normalized spacial score (nSPS) is 18.9. The van der Waals surface area contributed by atoms with Gasteiger partial charge in [-0.05, 0) is 37.8 Å². The number of amides is 1. The Bertz CT molecular complexity index is 750. The average Bonchev–Trinajstić information content (AvgIpc) is 3.30. The maximum atomic E-state index is 12.4. The fraction of sp³-hybridized carbons (Fsp3) is 0.421. The summed E-state index contributed by atoms with van der Waals surface area (Å²) in [5.41, 5.74) is 2.42. The second-order valence-corrected chi connectivity index (χ2v) is 6.57. The zero-order valence-electron chi connectivity index (χ0n) is 14.1. The number of fused-ring (bicyclic) bond motifs is 1. The summed E-state index contributed by atoms with van der Waals surface area (Å²) in [6.07, 6.45) is 5.79. The maximum absolute atomic E-state index is 12.4. The van der Waals surface area contributed by atoms with Crippen molar-refractivity contribution in [2.24, 2.45) is 0 Å². The molecule has 1 saturated heterocycles. The van der Waals surface area contributed by atoms with E-state index in [1.54, 1.807) is 6.33 Å². The Morgan fingerprint density at radius 1 is 1.24 bits per heavy atom. The Hall–Kier alpha value is -2.63. The van der Waals surface area contributed by atoms with E-state index in [4.69, 9.17) is 4.74 Å². The summed E-state index contributed by atoms with van der Waals surface area (Å²) in [6.45, 7) is 1.53. The Balaban J connectivity index is 1.31. The number of aromatic nitrogens is 2. The van der Waals surface area contributed by atoms with Crippen LogP contribution in [0.1, 0.15) is 24.1 Å². The van der Waals surface area contributed by atoms with Gasteiger partial charge < -0.3 is 15.0 Å². The fourth-order valence-corrected chi connectivity index (χ4v) is 3.53. The smallest absolute Gasteiger partial charge is 0.260 e. The number of rotatable bonds is 5. The van der Waals surface area contributed by atoms with E-state index in [0.717, 1.165) is 43.8 Å². The van der Waals surface area contributed by atoms with Gasteiger partial charge in [0, 0.05) is 30.4 Å². The lowest BCUT2D eigenvalue weighted by molar-refractivity contribution is -0.132. The maximum Gasteiger partial charge on any atom is 0.260 e. The minimum Gasteiger partial charge on any atom is -0.484 e. The molecule has 1 fully saturated rings. The van der Waals surface area contributed by atoms with Gasteiger partial charge in [0.15, 0.2) is 6.61 Å². The first-order chi connectivity index (χ1) is 12.3. The average molecular weight is 338 g/mol. The summed E-state index contributed by atoms with van der Waals surface area (Å²) in [5, 5.41) is 3.51. The molecule has 1 aromatic heterocycles. The number of nitrogens with one attached hydrogen (secondary N) is 1. The molecule has 1 aliphatic heterocycles. The molecule has 0 spiro atoms. The van der Waals surface area contributed by atoms with Crippen molar-refractivity contribution in [2.45, 2.75) is 31.7 Å². The van der Waals surface area contributed by atoms with Crippen LogP contribution < -0.4 is 10.1 Å². The zero-order chi connectivity index (χ0) is 17.1. The molecule has 4 rings (SSSR count). The number of nitrogens with zero attached hydrogens (tertiary/aromatic N) is 3. The number of aryl methyl sites for hydroxylation is 1. The third kappa shape index (κ3) is 3.57. The topological polar surface area (TPSA) is 67.3 Å². The molecular weight excluding hydrogens is 316 g/mol. The third-order valence-electron chi connectivity index (χ3n) is 4.86. The van der Waals surface area contributed by atoms with Crippen molar-refractivity contribution in [3.8, 4) is 5.75 Å². The summed E-state index contributed by atoms with van der Waals surface area (Å²) in [5.74, 6) is 1.70. The van der Waals surface area contributed by atoms with E-state index in [1.165, 1.54) is 11.3 Å². The van der Waals surface area contributed by atoms with Crippen LogP contribution in [-0.2, 0) is 17.6 Å². The van der Waals surface area contributed by atoms with Gasteiger partial charge in [-0.15, -0.1) is 0 Å². The summed E-state index contributed by atoms with van der Waals surface area (Å²) in [4.78, 5) is 23.0. The summed E-state index contributed by atoms with van der Waals surface area (Å²) in [6, 6.07) is 9.68. The van der Waals surface area contributed by atoms with E-state index in [1.807, 2.05) is 35.2 Å². The van der Waals surface area contributed by atoms with E-state index in [0.29, 0.717) is 6.54 Å². The fourth-order valence-electron chi connectivity index (χ4n) is 3.53. The number of anilines is 1. The largest absolute Gasteiger partial charge is 0.484 e. The van der Waals surface area contributed by atoms with E-state index in [2.05, 4.69) is 15.3 Å². The van der Waals surface area contributed by atoms with Crippen molar-refractivity contribution in [3.63, 3.8) is 0 Å². The van der Waals surface area contributed by atoms with Crippen molar-refractivity contribution >= 4 is 11.7 Å². The number of likely N-dealkylation sites (tertiary alicyclic amines) is 1. The van der Waals surface area contributed by atoms with Crippen molar-refractivity contribution in [1.29, 1.82) is 0 Å². The van der Waals surface area contributed by atoms with E-state index in [-0.39, 0.29) is 18.6 Å². The molecule has 6 nitrogen and oxygen atoms in total. The molecule has 2 aromatic rings. The first-order valence-electron chi connectivity index (χ1n) is 8.84. The number of carbonyl (C=O) groups is 1. The van der Waals surface area contributed by atoms with Crippen LogP contribution in [0.15, 0.2) is 36.7 Å². The van der Waals surface area contributed by atoms with Gasteiger partial charge in [0.25, 0.3) is 5.91 Å². The number of ether oxygens (including phenoxy) is 1. The monoisotopic (exact) mass is 338 g/mol. The highest BCUT2D eigenvalue weighted by molar-refractivity contribution is 5.78. The first kappa shape index (κ1) is 15.9. The van der Waals surface area contributed by atoms with Crippen molar-refractivity contribution in [2.75, 3.05) is 25.0 Å². The number of para-hydroxylation sites is 1. The highest BCUT2D eigenvalue weighted by Gasteiger charge is 2.28. The lowest BCUT2D eigenvalue weighted by Crippen LogP contribution is -2.35. The third-order valence-corrected chi connectivity index (χ3v) is 4.86. The molecule has 2 heterocycles. The van der Waals surface area contributed by atoms with Gasteiger partial charge in [0.2, 0.25) is 0 Å². The molecular formula is C19H22N4O2. The molecule has 2 aliphatic rings. The molecule has 1 aliphatic carbocycles. The Morgan fingerprint density at radius 2 is 2.12 bits per heavy atom. The summed E-state index contributed by atoms with van der Waals surface area (Å²) < 4.78 is 5.56. The van der Waals surface area contributed by atoms with Crippen molar-refractivity contribution < 1.29 is 9.53 Å². The van der Waals surface area contributed by atoms with Gasteiger partial charge >= 0.3 is 0 Å². The van der Waals surface area contributed by atoms with Crippen molar-refractivity contribution in [3.05, 3.63) is 47.9 Å². The second kappa shape index (κ2) is 7.09. The van der Waals surface area contributed by atoms with Crippen LogP contribution in [0, 0.1) is 0 Å². The lowest BCUT2D eigenvalue weighted by atomic mass is 10.2. The van der Waals surface area contributed by atoms with Crippen LogP contribution in [0.5, 0.6) is 5.75 Å². The van der Waals surface area contributed by atoms with Crippen LogP contribution in [0.3, 0.4) is 0 Å². The Morgan fingerprint density at radius 3 is 3.00 bits per heavy atom. The standard InChI is InChI=1S/C19H22N4O2/c24-18(12-25-15-5-2-1-3-6-15)23-10-9-14(11-23)22-19-16-7-4-8-17(16)20-13-21-19/h1-3,5-6,13-14H,4,7-12H2,(H,20,21,22). The van der Waals surface area contributed by atoms with E-state index < -0.39 is 0 Å². The van der Waals surface area contributed by atoms with Gasteiger partial charge in [-0.25, -0.2) is 9.97 Å². The quantitative estimate of drug-likeness (QED) is 0.904. The second-order valence-electron chi connectivity index (χ2n) is 6.57. The van der Waals surface area contributed by atoms with Gasteiger partial charge in [0.05, 0.1) is 0 Å². The number of hydrogen-bond acceptors (Lipinski definition) is 5. The minimum atomic E-state index is 0.0288. The first-order valence-corrected chi connectivity index (χ1v) is 8.84. The highest BCUT2D eigenvalue weighted by Crippen LogP contribution is 2.26. The predicted octanol–water partition coefficient (Wildman–Crippen LogP) is 2.06. The van der Waals surface area contributed by atoms with E-state index >= 15 is 0 Å². The highest BCUT2D eigenvalue weighted by atomic mass is 16.5. The molecule has 1 aromatic carbocycles. The van der Waals surface area contributed by atoms with E-state index in [9.17, 15) is 4.79 Å². The summed E-state index contributed by atoms with van der Waals surface area (Å²) >= 11 is 0. The Labute approximate surface area is 147 Å². The van der Waals surface area contributed by atoms with Crippen LogP contribution in [0.4, 0.5) is 5.82 Å². The number of carbonyl (C=O) groups excluding carboxylic acids is 1. The molecule has 6 heteroatoms. The molecule has 0 bridgehead atoms.